The second-order valence-corrected chi connectivity index (χ2v) is 4.22. The molecule has 0 amide bonds. The number of nitrogens with one attached hydrogen (secondary N) is 1. The topological polar surface area (TPSA) is 54.7 Å². The quantitative estimate of drug-likeness (QED) is 0.848. The van der Waals surface area contributed by atoms with Crippen molar-refractivity contribution >= 4 is 21.7 Å². The molecule has 0 aliphatic carbocycles. The Balaban J connectivity index is 2.67. The summed E-state index contributed by atoms with van der Waals surface area (Å²) in [6.07, 6.45) is -4.43. The van der Waals surface area contributed by atoms with E-state index in [4.69, 9.17) is 5.73 Å². The Bertz CT molecular complexity index is 548. The molecule has 0 fully saturated rings. The molecule has 1 heterocycles. The van der Waals surface area contributed by atoms with Gasteiger partial charge in [0.05, 0.1) is 11.3 Å². The molecule has 7 heteroatoms. The van der Waals surface area contributed by atoms with E-state index in [0.29, 0.717) is 4.47 Å². The maximum absolute atomic E-state index is 12.8. The Morgan fingerprint density at radius 3 is 2.53 bits per heavy atom. The van der Waals surface area contributed by atoms with Crippen LogP contribution in [0.3, 0.4) is 0 Å². The van der Waals surface area contributed by atoms with Crippen molar-refractivity contribution in [2.75, 3.05) is 5.73 Å². The molecule has 17 heavy (non-hydrogen) atoms. The van der Waals surface area contributed by atoms with Gasteiger partial charge < -0.3 is 5.73 Å². The fourth-order valence-corrected chi connectivity index (χ4v) is 2.08. The molecule has 0 aliphatic rings. The van der Waals surface area contributed by atoms with E-state index in [9.17, 15) is 13.2 Å². The summed E-state index contributed by atoms with van der Waals surface area (Å²) in [5, 5.41) is 6.09. The van der Waals surface area contributed by atoms with Crippen LogP contribution in [0.15, 0.2) is 28.7 Å². The summed E-state index contributed by atoms with van der Waals surface area (Å²) < 4.78 is 38.8. The standard InChI is InChI=1S/C10H7BrF3N3/c11-6-3-1-2-5(10(12,13)14)9(6)7-4-8(15)17-16-7/h1-4H,(H3,15,16,17). The average Bonchev–Trinajstić information content (AvgIpc) is 2.63. The highest BCUT2D eigenvalue weighted by atomic mass is 79.9. The Hall–Kier alpha value is -1.50. The summed E-state index contributed by atoms with van der Waals surface area (Å²) in [7, 11) is 0. The number of hydrogen-bond donors (Lipinski definition) is 2. The molecule has 3 nitrogen and oxygen atoms in total. The van der Waals surface area contributed by atoms with E-state index in [1.54, 1.807) is 0 Å². The van der Waals surface area contributed by atoms with Crippen molar-refractivity contribution in [1.29, 1.82) is 0 Å². The number of aromatic nitrogens is 2. The molecular formula is C10H7BrF3N3. The van der Waals surface area contributed by atoms with Gasteiger partial charge in [-0.1, -0.05) is 22.0 Å². The number of alkyl halides is 3. The number of aromatic amines is 1. The van der Waals surface area contributed by atoms with E-state index < -0.39 is 11.7 Å². The Labute approximate surface area is 103 Å². The molecule has 1 aromatic heterocycles. The van der Waals surface area contributed by atoms with Gasteiger partial charge in [-0.25, -0.2) is 0 Å². The van der Waals surface area contributed by atoms with Crippen LogP contribution in [0.25, 0.3) is 11.3 Å². The second-order valence-electron chi connectivity index (χ2n) is 3.37. The maximum atomic E-state index is 12.8. The highest BCUT2D eigenvalue weighted by Gasteiger charge is 2.34. The van der Waals surface area contributed by atoms with Crippen molar-refractivity contribution in [2.24, 2.45) is 0 Å². The van der Waals surface area contributed by atoms with Crippen LogP contribution in [-0.2, 0) is 6.18 Å². The molecule has 2 aromatic rings. The van der Waals surface area contributed by atoms with Crippen LogP contribution >= 0.6 is 15.9 Å². The minimum absolute atomic E-state index is 0.00389. The molecule has 0 atom stereocenters. The summed E-state index contributed by atoms with van der Waals surface area (Å²) in [5.41, 5.74) is 4.87. The van der Waals surface area contributed by atoms with E-state index in [-0.39, 0.29) is 17.1 Å². The van der Waals surface area contributed by atoms with Crippen molar-refractivity contribution in [1.82, 2.24) is 10.2 Å². The SMILES string of the molecule is Nc1cc(-c2c(Br)cccc2C(F)(F)F)[nH]n1. The van der Waals surface area contributed by atoms with Gasteiger partial charge in [0.1, 0.15) is 5.82 Å². The van der Waals surface area contributed by atoms with Gasteiger partial charge in [-0.15, -0.1) is 0 Å². The van der Waals surface area contributed by atoms with Crippen molar-refractivity contribution in [3.8, 4) is 11.3 Å². The first-order valence-electron chi connectivity index (χ1n) is 4.56. The number of nitrogen functional groups attached to an aromatic ring is 1. The van der Waals surface area contributed by atoms with E-state index in [1.807, 2.05) is 0 Å². The smallest absolute Gasteiger partial charge is 0.382 e. The van der Waals surface area contributed by atoms with Crippen molar-refractivity contribution in [3.63, 3.8) is 0 Å². The highest BCUT2D eigenvalue weighted by molar-refractivity contribution is 9.10. The molecular weight excluding hydrogens is 299 g/mol. The Morgan fingerprint density at radius 1 is 1.29 bits per heavy atom. The average molecular weight is 306 g/mol. The molecule has 90 valence electrons. The van der Waals surface area contributed by atoms with Crippen LogP contribution in [0.2, 0.25) is 0 Å². The Morgan fingerprint density at radius 2 is 2.00 bits per heavy atom. The monoisotopic (exact) mass is 305 g/mol. The summed E-state index contributed by atoms with van der Waals surface area (Å²) in [5.74, 6) is 0.142. The third kappa shape index (κ3) is 2.28. The van der Waals surface area contributed by atoms with E-state index >= 15 is 0 Å². The van der Waals surface area contributed by atoms with Gasteiger partial charge in [0, 0.05) is 16.1 Å². The van der Waals surface area contributed by atoms with Gasteiger partial charge in [-0.2, -0.15) is 18.3 Å². The lowest BCUT2D eigenvalue weighted by Gasteiger charge is -2.12. The molecule has 3 N–H and O–H groups in total. The van der Waals surface area contributed by atoms with Gasteiger partial charge in [-0.05, 0) is 12.1 Å². The van der Waals surface area contributed by atoms with E-state index in [2.05, 4.69) is 26.1 Å². The zero-order valence-electron chi connectivity index (χ0n) is 8.35. The van der Waals surface area contributed by atoms with Crippen LogP contribution in [0, 0.1) is 0 Å². The molecule has 0 saturated heterocycles. The number of H-pyrrole nitrogens is 1. The van der Waals surface area contributed by atoms with E-state index in [1.165, 1.54) is 18.2 Å². The van der Waals surface area contributed by atoms with Crippen LogP contribution < -0.4 is 5.73 Å². The first-order valence-corrected chi connectivity index (χ1v) is 5.36. The molecule has 0 spiro atoms. The first-order chi connectivity index (χ1) is 7.89. The lowest BCUT2D eigenvalue weighted by molar-refractivity contribution is -0.137. The summed E-state index contributed by atoms with van der Waals surface area (Å²) >= 11 is 3.10. The lowest BCUT2D eigenvalue weighted by Crippen LogP contribution is -2.07. The fraction of sp³-hybridized carbons (Fsp3) is 0.100. The zero-order chi connectivity index (χ0) is 12.6. The minimum Gasteiger partial charge on any atom is -0.382 e. The third-order valence-corrected chi connectivity index (χ3v) is 2.85. The molecule has 1 aromatic carbocycles. The van der Waals surface area contributed by atoms with Crippen molar-refractivity contribution < 1.29 is 13.2 Å². The second kappa shape index (κ2) is 4.06. The number of nitrogens with two attached hydrogens (primary N) is 1. The lowest BCUT2D eigenvalue weighted by atomic mass is 10.0. The van der Waals surface area contributed by atoms with E-state index in [0.717, 1.165) is 6.07 Å². The van der Waals surface area contributed by atoms with Crippen LogP contribution in [0.1, 0.15) is 5.56 Å². The third-order valence-electron chi connectivity index (χ3n) is 2.19. The molecule has 0 aliphatic heterocycles. The van der Waals surface area contributed by atoms with Gasteiger partial charge in [0.25, 0.3) is 0 Å². The zero-order valence-corrected chi connectivity index (χ0v) is 9.93. The summed E-state index contributed by atoms with van der Waals surface area (Å²) in [4.78, 5) is 0. The van der Waals surface area contributed by atoms with Crippen LogP contribution in [0.4, 0.5) is 19.0 Å². The van der Waals surface area contributed by atoms with Gasteiger partial charge in [-0.3, -0.25) is 5.10 Å². The Kier molecular flexibility index (Phi) is 2.86. The van der Waals surface area contributed by atoms with Crippen molar-refractivity contribution in [3.05, 3.63) is 34.3 Å². The molecule has 0 saturated carbocycles. The van der Waals surface area contributed by atoms with Gasteiger partial charge in [0.2, 0.25) is 0 Å². The number of benzene rings is 1. The normalized spacial score (nSPS) is 11.8. The summed E-state index contributed by atoms with van der Waals surface area (Å²) in [6, 6.07) is 5.23. The number of halogens is 4. The molecule has 2 rings (SSSR count). The van der Waals surface area contributed by atoms with Crippen LogP contribution in [-0.4, -0.2) is 10.2 Å². The van der Waals surface area contributed by atoms with Gasteiger partial charge in [0.15, 0.2) is 0 Å². The highest BCUT2D eigenvalue weighted by Crippen LogP contribution is 2.40. The maximum Gasteiger partial charge on any atom is 0.417 e. The summed E-state index contributed by atoms with van der Waals surface area (Å²) in [6.45, 7) is 0. The first kappa shape index (κ1) is 12.0. The number of anilines is 1. The minimum atomic E-state index is -4.43. The molecule has 0 bridgehead atoms. The predicted octanol–water partition coefficient (Wildman–Crippen LogP) is 3.44. The van der Waals surface area contributed by atoms with Crippen molar-refractivity contribution in [2.45, 2.75) is 6.18 Å². The number of nitrogens with zero attached hydrogens (tertiary/aromatic N) is 1. The van der Waals surface area contributed by atoms with Crippen LogP contribution in [0.5, 0.6) is 0 Å². The molecule has 0 radical (unpaired) electrons. The number of hydrogen-bond acceptors (Lipinski definition) is 2. The largest absolute Gasteiger partial charge is 0.417 e. The van der Waals surface area contributed by atoms with Gasteiger partial charge >= 0.3 is 6.18 Å². The number of rotatable bonds is 1. The molecule has 0 unspecified atom stereocenters. The fourth-order valence-electron chi connectivity index (χ4n) is 1.50. The predicted molar refractivity (Wildman–Crippen MR) is 61.1 cm³/mol.